The number of thioether (sulfide) groups is 1. The molecule has 20 heavy (non-hydrogen) atoms. The molecular formula is C13H22N2O3S2. The van der Waals surface area contributed by atoms with E-state index in [1.54, 1.807) is 36.0 Å². The summed E-state index contributed by atoms with van der Waals surface area (Å²) >= 11 is 1.76. The van der Waals surface area contributed by atoms with E-state index in [0.29, 0.717) is 18.0 Å². The van der Waals surface area contributed by atoms with Gasteiger partial charge in [0.2, 0.25) is 10.0 Å². The molecule has 0 spiro atoms. The van der Waals surface area contributed by atoms with Gasteiger partial charge in [-0.1, -0.05) is 6.07 Å². The Morgan fingerprint density at radius 3 is 2.85 bits per heavy atom. The average molecular weight is 318 g/mol. The molecule has 7 heteroatoms. The molecule has 0 heterocycles. The van der Waals surface area contributed by atoms with Gasteiger partial charge in [0.1, 0.15) is 12.4 Å². The van der Waals surface area contributed by atoms with Crippen LogP contribution in [0, 0.1) is 0 Å². The van der Waals surface area contributed by atoms with Crippen molar-refractivity contribution in [2.45, 2.75) is 12.8 Å². The van der Waals surface area contributed by atoms with Gasteiger partial charge in [-0.2, -0.15) is 11.8 Å². The highest BCUT2D eigenvalue weighted by atomic mass is 32.2. The zero-order valence-electron chi connectivity index (χ0n) is 11.7. The number of ether oxygens (including phenoxy) is 1. The van der Waals surface area contributed by atoms with Crippen molar-refractivity contribution in [1.82, 2.24) is 4.72 Å². The maximum atomic E-state index is 11.7. The van der Waals surface area contributed by atoms with E-state index in [4.69, 9.17) is 10.5 Å². The highest BCUT2D eigenvalue weighted by Gasteiger charge is 2.09. The van der Waals surface area contributed by atoms with Crippen molar-refractivity contribution < 1.29 is 13.2 Å². The molecule has 0 saturated carbocycles. The summed E-state index contributed by atoms with van der Waals surface area (Å²) in [6, 6.07) is 6.93. The van der Waals surface area contributed by atoms with Crippen LogP contribution in [0.4, 0.5) is 5.69 Å². The largest absolute Gasteiger partial charge is 0.492 e. The number of hydrogen-bond acceptors (Lipinski definition) is 5. The third-order valence-corrected chi connectivity index (χ3v) is 4.62. The zero-order chi connectivity index (χ0) is 14.8. The lowest BCUT2D eigenvalue weighted by atomic mass is 10.3. The van der Waals surface area contributed by atoms with Gasteiger partial charge in [-0.25, -0.2) is 13.1 Å². The molecule has 0 fully saturated rings. The fourth-order valence-electron chi connectivity index (χ4n) is 1.54. The van der Waals surface area contributed by atoms with Gasteiger partial charge in [0.05, 0.1) is 5.75 Å². The average Bonchev–Trinajstić information content (AvgIpc) is 2.38. The quantitative estimate of drug-likeness (QED) is 0.507. The van der Waals surface area contributed by atoms with Crippen LogP contribution >= 0.6 is 11.8 Å². The number of nitrogens with one attached hydrogen (secondary N) is 1. The molecule has 0 aliphatic carbocycles. The molecule has 0 radical (unpaired) electrons. The van der Waals surface area contributed by atoms with Crippen LogP contribution in [0.1, 0.15) is 12.8 Å². The van der Waals surface area contributed by atoms with Crippen molar-refractivity contribution in [3.8, 4) is 5.75 Å². The summed E-state index contributed by atoms with van der Waals surface area (Å²) in [6.07, 6.45) is 3.91. The highest BCUT2D eigenvalue weighted by molar-refractivity contribution is 7.98. The summed E-state index contributed by atoms with van der Waals surface area (Å²) in [5.74, 6) is 1.59. The summed E-state index contributed by atoms with van der Waals surface area (Å²) in [7, 11) is -3.26. The Labute approximate surface area is 125 Å². The lowest BCUT2D eigenvalue weighted by Gasteiger charge is -2.08. The Morgan fingerprint density at radius 1 is 1.35 bits per heavy atom. The topological polar surface area (TPSA) is 81.4 Å². The summed E-state index contributed by atoms with van der Waals surface area (Å²) in [4.78, 5) is 0. The van der Waals surface area contributed by atoms with Crippen LogP contribution in [0.2, 0.25) is 0 Å². The first-order valence-corrected chi connectivity index (χ1v) is 9.53. The van der Waals surface area contributed by atoms with Crippen LogP contribution in [0.3, 0.4) is 0 Å². The molecule has 1 rings (SSSR count). The lowest BCUT2D eigenvalue weighted by molar-refractivity contribution is 0.340. The van der Waals surface area contributed by atoms with E-state index in [0.717, 1.165) is 18.6 Å². The fraction of sp³-hybridized carbons (Fsp3) is 0.538. The molecule has 0 aromatic heterocycles. The number of nitrogens with two attached hydrogens (primary N) is 1. The number of sulfonamides is 1. The Morgan fingerprint density at radius 2 is 2.15 bits per heavy atom. The van der Waals surface area contributed by atoms with Crippen LogP contribution in [-0.2, 0) is 10.0 Å². The maximum absolute atomic E-state index is 11.7. The van der Waals surface area contributed by atoms with E-state index in [2.05, 4.69) is 4.72 Å². The van der Waals surface area contributed by atoms with Crippen LogP contribution < -0.4 is 15.2 Å². The monoisotopic (exact) mass is 318 g/mol. The van der Waals surface area contributed by atoms with Crippen molar-refractivity contribution in [3.63, 3.8) is 0 Å². The normalized spacial score (nSPS) is 11.4. The first-order chi connectivity index (χ1) is 9.53. The number of rotatable bonds is 10. The minimum atomic E-state index is -3.26. The van der Waals surface area contributed by atoms with Crippen molar-refractivity contribution in [1.29, 1.82) is 0 Å². The van der Waals surface area contributed by atoms with Crippen molar-refractivity contribution in [2.24, 2.45) is 0 Å². The van der Waals surface area contributed by atoms with Crippen molar-refractivity contribution >= 4 is 27.5 Å². The number of hydrogen-bond donors (Lipinski definition) is 2. The van der Waals surface area contributed by atoms with Gasteiger partial charge in [-0.3, -0.25) is 0 Å². The van der Waals surface area contributed by atoms with Crippen molar-refractivity contribution in [3.05, 3.63) is 24.3 Å². The van der Waals surface area contributed by atoms with E-state index in [9.17, 15) is 8.42 Å². The van der Waals surface area contributed by atoms with Crippen LogP contribution in [0.15, 0.2) is 24.3 Å². The summed E-state index contributed by atoms with van der Waals surface area (Å²) in [5, 5.41) is 0. The molecule has 0 aliphatic rings. The summed E-state index contributed by atoms with van der Waals surface area (Å²) in [6.45, 7) is 0.602. The lowest BCUT2D eigenvalue weighted by Crippen LogP contribution is -2.29. The third-order valence-electron chi connectivity index (χ3n) is 2.58. The Balaban J connectivity index is 2.22. The minimum absolute atomic E-state index is 0.0513. The van der Waals surface area contributed by atoms with E-state index >= 15 is 0 Å². The van der Waals surface area contributed by atoms with Gasteiger partial charge < -0.3 is 10.5 Å². The second kappa shape index (κ2) is 9.10. The third kappa shape index (κ3) is 7.62. The number of benzene rings is 1. The second-order valence-electron chi connectivity index (χ2n) is 4.33. The SMILES string of the molecule is CSCCCCNS(=O)(=O)CCOc1cccc(N)c1. The molecule has 1 aromatic rings. The molecule has 0 saturated heterocycles. The molecule has 0 bridgehead atoms. The Bertz CT molecular complexity index is 492. The summed E-state index contributed by atoms with van der Waals surface area (Å²) in [5.41, 5.74) is 6.20. The molecule has 1 aromatic carbocycles. The standard InChI is InChI=1S/C13H22N2O3S2/c1-19-9-3-2-7-15-20(16,17)10-8-18-13-6-4-5-12(14)11-13/h4-6,11,15H,2-3,7-10,14H2,1H3. The van der Waals surface area contributed by atoms with E-state index in [1.807, 2.05) is 6.26 Å². The Kier molecular flexibility index (Phi) is 7.79. The van der Waals surface area contributed by atoms with Gasteiger partial charge in [-0.05, 0) is 37.0 Å². The van der Waals surface area contributed by atoms with Gasteiger partial charge in [-0.15, -0.1) is 0 Å². The molecule has 3 N–H and O–H groups in total. The predicted molar refractivity (Wildman–Crippen MR) is 85.8 cm³/mol. The molecule has 0 aliphatic heterocycles. The van der Waals surface area contributed by atoms with Gasteiger partial charge in [0, 0.05) is 18.3 Å². The number of anilines is 1. The molecular weight excluding hydrogens is 296 g/mol. The molecule has 0 atom stereocenters. The van der Waals surface area contributed by atoms with Crippen molar-refractivity contribution in [2.75, 3.05) is 36.6 Å². The molecule has 5 nitrogen and oxygen atoms in total. The van der Waals surface area contributed by atoms with Crippen LogP contribution in [0.25, 0.3) is 0 Å². The van der Waals surface area contributed by atoms with E-state index in [1.165, 1.54) is 0 Å². The highest BCUT2D eigenvalue weighted by Crippen LogP contribution is 2.14. The van der Waals surface area contributed by atoms with E-state index < -0.39 is 10.0 Å². The zero-order valence-corrected chi connectivity index (χ0v) is 13.3. The number of unbranched alkanes of at least 4 members (excludes halogenated alkanes) is 1. The van der Waals surface area contributed by atoms with E-state index in [-0.39, 0.29) is 12.4 Å². The first-order valence-electron chi connectivity index (χ1n) is 6.48. The molecule has 0 amide bonds. The number of nitrogen functional groups attached to an aromatic ring is 1. The van der Waals surface area contributed by atoms with Crippen LogP contribution in [-0.4, -0.2) is 39.3 Å². The Hall–Kier alpha value is -0.920. The van der Waals surface area contributed by atoms with Gasteiger partial charge >= 0.3 is 0 Å². The maximum Gasteiger partial charge on any atom is 0.214 e. The predicted octanol–water partition coefficient (Wildman–Crippen LogP) is 1.71. The molecule has 0 unspecified atom stereocenters. The first kappa shape index (κ1) is 17.1. The second-order valence-corrected chi connectivity index (χ2v) is 7.25. The smallest absolute Gasteiger partial charge is 0.214 e. The minimum Gasteiger partial charge on any atom is -0.492 e. The molecule has 114 valence electrons. The fourth-order valence-corrected chi connectivity index (χ4v) is 2.94. The van der Waals surface area contributed by atoms with Crippen LogP contribution in [0.5, 0.6) is 5.75 Å². The summed E-state index contributed by atoms with van der Waals surface area (Å²) < 4.78 is 31.3. The van der Waals surface area contributed by atoms with Gasteiger partial charge in [0.15, 0.2) is 0 Å². The van der Waals surface area contributed by atoms with Gasteiger partial charge in [0.25, 0.3) is 0 Å².